The molecular formula is C19H24N4O4S2. The van der Waals surface area contributed by atoms with Crippen molar-refractivity contribution in [3.05, 3.63) is 39.5 Å². The number of nitrogens with zero attached hydrogens (tertiary/aromatic N) is 2. The Hall–Kier alpha value is -1.85. The number of rotatable bonds is 3. The number of anilines is 1. The van der Waals surface area contributed by atoms with Crippen LogP contribution in [0, 0.1) is 0 Å². The van der Waals surface area contributed by atoms with Gasteiger partial charge in [-0.15, -0.1) is 15.7 Å². The molecule has 0 bridgehead atoms. The Morgan fingerprint density at radius 3 is 2.83 bits per heavy atom. The van der Waals surface area contributed by atoms with Crippen LogP contribution in [0.1, 0.15) is 60.1 Å². The minimum absolute atomic E-state index is 0.119. The fourth-order valence-corrected chi connectivity index (χ4v) is 6.03. The van der Waals surface area contributed by atoms with Gasteiger partial charge in [-0.25, -0.2) is 19.1 Å². The Morgan fingerprint density at radius 1 is 1.38 bits per heavy atom. The van der Waals surface area contributed by atoms with E-state index in [1.54, 1.807) is 13.8 Å². The number of nitrogens with one attached hydrogen (secondary N) is 1. The van der Waals surface area contributed by atoms with Crippen LogP contribution in [0.5, 0.6) is 0 Å². The number of hydrogen-bond donors (Lipinski definition) is 4. The predicted molar refractivity (Wildman–Crippen MR) is 111 cm³/mol. The molecule has 0 fully saturated rings. The van der Waals surface area contributed by atoms with Gasteiger partial charge in [0, 0.05) is 5.56 Å². The van der Waals surface area contributed by atoms with Crippen LogP contribution in [-0.4, -0.2) is 25.4 Å². The third kappa shape index (κ3) is 3.82. The highest BCUT2D eigenvalue weighted by atomic mass is 32.2. The number of aromatic nitrogens is 1. The minimum Gasteiger partial charge on any atom is -0.388 e. The van der Waals surface area contributed by atoms with Gasteiger partial charge in [-0.2, -0.15) is 0 Å². The lowest BCUT2D eigenvalue weighted by Crippen LogP contribution is -2.18. The Morgan fingerprint density at radius 2 is 2.14 bits per heavy atom. The van der Waals surface area contributed by atoms with Gasteiger partial charge in [-0.3, -0.25) is 0 Å². The van der Waals surface area contributed by atoms with Crippen molar-refractivity contribution in [3.8, 4) is 0 Å². The maximum Gasteiger partial charge on any atom is 0.354 e. The lowest BCUT2D eigenvalue weighted by molar-refractivity contribution is 0.0783. The van der Waals surface area contributed by atoms with Gasteiger partial charge in [0.05, 0.1) is 18.0 Å². The highest BCUT2D eigenvalue weighted by Crippen LogP contribution is 2.43. The topological polar surface area (TPSA) is 138 Å². The summed E-state index contributed by atoms with van der Waals surface area (Å²) in [6.07, 6.45) is 4.76. The third-order valence-electron chi connectivity index (χ3n) is 5.29. The zero-order valence-corrected chi connectivity index (χ0v) is 17.9. The van der Waals surface area contributed by atoms with E-state index >= 15 is 0 Å². The maximum absolute atomic E-state index is 12.9. The first-order valence-corrected chi connectivity index (χ1v) is 11.9. The van der Waals surface area contributed by atoms with E-state index < -0.39 is 27.7 Å². The fraction of sp³-hybridized carbons (Fsp3) is 0.474. The zero-order valence-electron chi connectivity index (χ0n) is 16.3. The summed E-state index contributed by atoms with van der Waals surface area (Å²) in [7, 11) is -3.52. The number of benzene rings is 1. The van der Waals surface area contributed by atoms with E-state index in [9.17, 15) is 19.2 Å². The molecule has 4 rings (SSSR count). The molecule has 2 aliphatic carbocycles. The van der Waals surface area contributed by atoms with Gasteiger partial charge < -0.3 is 15.5 Å². The summed E-state index contributed by atoms with van der Waals surface area (Å²) < 4.78 is 16.7. The Kier molecular flexibility index (Phi) is 5.02. The number of urea groups is 1. The number of fused-ring (bicyclic) bond motifs is 2. The second-order valence-electron chi connectivity index (χ2n) is 8.00. The second kappa shape index (κ2) is 7.13. The maximum atomic E-state index is 12.9. The number of carbonyl (C=O) groups is 1. The van der Waals surface area contributed by atoms with Crippen LogP contribution in [0.25, 0.3) is 0 Å². The number of aliphatic hydroxyl groups is 2. The van der Waals surface area contributed by atoms with Crippen LogP contribution >= 0.6 is 11.3 Å². The highest BCUT2D eigenvalue weighted by Gasteiger charge is 2.30. The van der Waals surface area contributed by atoms with E-state index in [1.807, 2.05) is 0 Å². The molecule has 2 amide bonds. The van der Waals surface area contributed by atoms with E-state index in [0.717, 1.165) is 53.7 Å². The van der Waals surface area contributed by atoms with Gasteiger partial charge in [0.1, 0.15) is 14.8 Å². The zero-order chi connectivity index (χ0) is 21.0. The van der Waals surface area contributed by atoms with Crippen LogP contribution < -0.4 is 10.5 Å². The van der Waals surface area contributed by atoms with E-state index in [1.165, 1.54) is 11.8 Å². The summed E-state index contributed by atoms with van der Waals surface area (Å²) in [6.45, 7) is 3.11. The van der Waals surface area contributed by atoms with E-state index in [2.05, 4.69) is 20.7 Å². The van der Waals surface area contributed by atoms with Crippen LogP contribution in [0.15, 0.2) is 20.8 Å². The molecule has 0 saturated heterocycles. The van der Waals surface area contributed by atoms with Crippen molar-refractivity contribution in [1.29, 1.82) is 0 Å². The summed E-state index contributed by atoms with van der Waals surface area (Å²) in [6, 6.07) is 1.31. The van der Waals surface area contributed by atoms with Crippen LogP contribution in [0.4, 0.5) is 10.5 Å². The van der Waals surface area contributed by atoms with Crippen LogP contribution in [0.2, 0.25) is 0 Å². The molecule has 2 atom stereocenters. The smallest absolute Gasteiger partial charge is 0.354 e. The monoisotopic (exact) mass is 436 g/mol. The predicted octanol–water partition coefficient (Wildman–Crippen LogP) is 2.77. The lowest BCUT2D eigenvalue weighted by atomic mass is 9.98. The SMILES string of the molecule is CC(C)(O)c1ncc([S@](N)(=O)=NC(=O)Nc2c3c(cc4c2C(O)CC4)CCC3)s1. The average Bonchev–Trinajstić information content (AvgIpc) is 3.33. The largest absolute Gasteiger partial charge is 0.388 e. The first-order valence-electron chi connectivity index (χ1n) is 9.46. The molecule has 1 heterocycles. The van der Waals surface area contributed by atoms with E-state index in [-0.39, 0.29) is 4.21 Å². The summed E-state index contributed by atoms with van der Waals surface area (Å²) in [5.74, 6) is 0. The molecule has 5 N–H and O–H groups in total. The molecule has 8 nitrogen and oxygen atoms in total. The molecule has 2 aromatic rings. The van der Waals surface area contributed by atoms with Gasteiger partial charge in [0.25, 0.3) is 0 Å². The number of thiazole rings is 1. The number of hydrogen-bond acceptors (Lipinski definition) is 6. The molecule has 156 valence electrons. The Bertz CT molecular complexity index is 1110. The van der Waals surface area contributed by atoms with Crippen LogP contribution in [-0.2, 0) is 34.8 Å². The van der Waals surface area contributed by atoms with Gasteiger partial charge >= 0.3 is 6.03 Å². The number of aliphatic hydroxyl groups excluding tert-OH is 1. The summed E-state index contributed by atoms with van der Waals surface area (Å²) >= 11 is 0.960. The molecule has 29 heavy (non-hydrogen) atoms. The molecule has 0 aliphatic heterocycles. The number of nitrogens with two attached hydrogens (primary N) is 1. The molecule has 1 aromatic carbocycles. The molecule has 0 radical (unpaired) electrons. The molecule has 1 aromatic heterocycles. The van der Waals surface area contributed by atoms with Gasteiger partial charge in [-0.05, 0) is 62.6 Å². The highest BCUT2D eigenvalue weighted by molar-refractivity contribution is 7.93. The molecule has 0 spiro atoms. The van der Waals surface area contributed by atoms with Crippen molar-refractivity contribution < 1.29 is 19.2 Å². The average molecular weight is 437 g/mol. The first kappa shape index (κ1) is 20.4. The quantitative estimate of drug-likeness (QED) is 0.586. The summed E-state index contributed by atoms with van der Waals surface area (Å²) in [5, 5.41) is 29.4. The second-order valence-corrected chi connectivity index (χ2v) is 11.1. The lowest BCUT2D eigenvalue weighted by Gasteiger charge is -2.17. The van der Waals surface area contributed by atoms with Crippen molar-refractivity contribution in [3.63, 3.8) is 0 Å². The Balaban J connectivity index is 1.67. The fourth-order valence-electron chi connectivity index (χ4n) is 3.97. The summed E-state index contributed by atoms with van der Waals surface area (Å²) in [4.78, 5) is 16.7. The number of aryl methyl sites for hydroxylation is 2. The first-order chi connectivity index (χ1) is 13.6. The van der Waals surface area contributed by atoms with Gasteiger partial charge in [0.15, 0.2) is 9.92 Å². The normalized spacial score (nSPS) is 20.1. The van der Waals surface area contributed by atoms with E-state index in [0.29, 0.717) is 17.1 Å². The molecular weight excluding hydrogens is 412 g/mol. The summed E-state index contributed by atoms with van der Waals surface area (Å²) in [5.41, 5.74) is 3.35. The minimum atomic E-state index is -3.52. The number of carbonyl (C=O) groups excluding carboxylic acids is 1. The third-order valence-corrected chi connectivity index (χ3v) is 8.48. The van der Waals surface area contributed by atoms with Crippen molar-refractivity contribution in [1.82, 2.24) is 4.98 Å². The molecule has 0 saturated carbocycles. The standard InChI is InChI=1S/C19H24N4O4S2/c1-19(2,26)17-21-9-14(28-17)29(20,27)23-18(25)22-16-12-5-3-4-10(12)8-11-6-7-13(24)15(11)16/h8-9,13,24,26H,3-7H2,1-2H3,(H3,20,22,23,25,27)/t13?,29-/m1/s1. The van der Waals surface area contributed by atoms with Crippen molar-refractivity contribution in [2.45, 2.75) is 61.9 Å². The molecule has 1 unspecified atom stereocenters. The Labute approximate surface area is 173 Å². The van der Waals surface area contributed by atoms with E-state index in [4.69, 9.17) is 5.14 Å². The van der Waals surface area contributed by atoms with Crippen molar-refractivity contribution >= 4 is 33.0 Å². The molecule has 10 heteroatoms. The van der Waals surface area contributed by atoms with Crippen molar-refractivity contribution in [2.24, 2.45) is 9.50 Å². The van der Waals surface area contributed by atoms with Gasteiger partial charge in [0.2, 0.25) is 0 Å². The molecule has 2 aliphatic rings. The van der Waals surface area contributed by atoms with Crippen LogP contribution in [0.3, 0.4) is 0 Å². The number of amides is 2. The van der Waals surface area contributed by atoms with Gasteiger partial charge in [-0.1, -0.05) is 6.07 Å². The van der Waals surface area contributed by atoms with Crippen molar-refractivity contribution in [2.75, 3.05) is 5.32 Å².